The highest BCUT2D eigenvalue weighted by molar-refractivity contribution is 4.86. The highest BCUT2D eigenvalue weighted by Crippen LogP contribution is 2.32. The minimum Gasteiger partial charge on any atom is -0.396 e. The Balaban J connectivity index is 1.83. The van der Waals surface area contributed by atoms with Crippen LogP contribution >= 0.6 is 0 Å². The molecule has 0 amide bonds. The molecule has 0 aromatic carbocycles. The largest absolute Gasteiger partial charge is 0.396 e. The zero-order valence-corrected chi connectivity index (χ0v) is 12.3. The van der Waals surface area contributed by atoms with E-state index in [2.05, 4.69) is 11.8 Å². The molecular formula is C15H29NO3. The third-order valence-corrected chi connectivity index (χ3v) is 4.47. The fourth-order valence-corrected chi connectivity index (χ4v) is 3.22. The summed E-state index contributed by atoms with van der Waals surface area (Å²) in [6, 6.07) is 0. The molecule has 2 rings (SSSR count). The maximum absolute atomic E-state index is 9.77. The van der Waals surface area contributed by atoms with Gasteiger partial charge in [-0.1, -0.05) is 6.92 Å². The molecule has 0 aliphatic carbocycles. The van der Waals surface area contributed by atoms with Crippen molar-refractivity contribution in [3.05, 3.63) is 0 Å². The molecule has 1 unspecified atom stereocenters. The molecule has 2 fully saturated rings. The van der Waals surface area contributed by atoms with Gasteiger partial charge in [0.05, 0.1) is 12.7 Å². The fourth-order valence-electron chi connectivity index (χ4n) is 3.22. The van der Waals surface area contributed by atoms with E-state index in [4.69, 9.17) is 9.47 Å². The molecule has 4 nitrogen and oxygen atoms in total. The summed E-state index contributed by atoms with van der Waals surface area (Å²) in [5.74, 6) is 0. The third-order valence-electron chi connectivity index (χ3n) is 4.47. The van der Waals surface area contributed by atoms with Gasteiger partial charge >= 0.3 is 0 Å². The predicted molar refractivity (Wildman–Crippen MR) is 75.3 cm³/mol. The first-order chi connectivity index (χ1) is 9.28. The molecule has 112 valence electrons. The summed E-state index contributed by atoms with van der Waals surface area (Å²) in [7, 11) is 0. The second-order valence-electron chi connectivity index (χ2n) is 6.14. The van der Waals surface area contributed by atoms with Gasteiger partial charge in [0.1, 0.15) is 0 Å². The number of aliphatic hydroxyl groups is 1. The maximum Gasteiger partial charge on any atom is 0.0702 e. The van der Waals surface area contributed by atoms with Crippen molar-refractivity contribution in [1.29, 1.82) is 0 Å². The van der Waals surface area contributed by atoms with E-state index in [1.807, 2.05) is 0 Å². The van der Waals surface area contributed by atoms with Gasteiger partial charge < -0.3 is 19.5 Å². The van der Waals surface area contributed by atoms with Gasteiger partial charge in [-0.15, -0.1) is 0 Å². The van der Waals surface area contributed by atoms with Crippen molar-refractivity contribution in [2.45, 2.75) is 45.1 Å². The lowest BCUT2D eigenvalue weighted by molar-refractivity contribution is -0.0556. The molecule has 0 saturated carbocycles. The van der Waals surface area contributed by atoms with Crippen LogP contribution in [0.15, 0.2) is 0 Å². The van der Waals surface area contributed by atoms with Crippen molar-refractivity contribution in [2.24, 2.45) is 5.41 Å². The molecular weight excluding hydrogens is 242 g/mol. The Hall–Kier alpha value is -0.160. The van der Waals surface area contributed by atoms with Gasteiger partial charge in [-0.2, -0.15) is 0 Å². The number of ether oxygens (including phenoxy) is 2. The SMILES string of the molecule is CCCOC1CCCN(CC2(CO)CCOCC2)C1. The summed E-state index contributed by atoms with van der Waals surface area (Å²) in [6.45, 7) is 8.08. The summed E-state index contributed by atoms with van der Waals surface area (Å²) in [5, 5.41) is 9.77. The number of hydrogen-bond acceptors (Lipinski definition) is 4. The van der Waals surface area contributed by atoms with Gasteiger partial charge in [0.25, 0.3) is 0 Å². The van der Waals surface area contributed by atoms with E-state index < -0.39 is 0 Å². The lowest BCUT2D eigenvalue weighted by atomic mass is 9.80. The quantitative estimate of drug-likeness (QED) is 0.798. The van der Waals surface area contributed by atoms with Gasteiger partial charge in [0.15, 0.2) is 0 Å². The fraction of sp³-hybridized carbons (Fsp3) is 1.00. The van der Waals surface area contributed by atoms with Crippen molar-refractivity contribution in [2.75, 3.05) is 46.1 Å². The number of piperidine rings is 1. The van der Waals surface area contributed by atoms with Crippen LogP contribution in [0.1, 0.15) is 39.0 Å². The Kier molecular flexibility index (Phi) is 6.07. The summed E-state index contributed by atoms with van der Waals surface area (Å²) >= 11 is 0. The van der Waals surface area contributed by atoms with E-state index in [1.54, 1.807) is 0 Å². The maximum atomic E-state index is 9.77. The van der Waals surface area contributed by atoms with Crippen molar-refractivity contribution in [1.82, 2.24) is 4.90 Å². The van der Waals surface area contributed by atoms with Crippen LogP contribution in [0.5, 0.6) is 0 Å². The molecule has 1 atom stereocenters. The van der Waals surface area contributed by atoms with Crippen LogP contribution in [0.2, 0.25) is 0 Å². The van der Waals surface area contributed by atoms with Gasteiger partial charge in [0, 0.05) is 38.3 Å². The number of aliphatic hydroxyl groups excluding tert-OH is 1. The molecule has 4 heteroatoms. The predicted octanol–water partition coefficient (Wildman–Crippen LogP) is 1.67. The summed E-state index contributed by atoms with van der Waals surface area (Å²) in [4.78, 5) is 2.49. The first kappa shape index (κ1) is 15.2. The smallest absolute Gasteiger partial charge is 0.0702 e. The van der Waals surface area contributed by atoms with Crippen LogP contribution in [-0.2, 0) is 9.47 Å². The Morgan fingerprint density at radius 1 is 1.37 bits per heavy atom. The van der Waals surface area contributed by atoms with Crippen molar-refractivity contribution in [3.63, 3.8) is 0 Å². The third kappa shape index (κ3) is 4.42. The Morgan fingerprint density at radius 2 is 2.16 bits per heavy atom. The highest BCUT2D eigenvalue weighted by Gasteiger charge is 2.35. The van der Waals surface area contributed by atoms with E-state index in [0.717, 1.165) is 58.7 Å². The van der Waals surface area contributed by atoms with Crippen LogP contribution < -0.4 is 0 Å². The molecule has 2 aliphatic rings. The second-order valence-corrected chi connectivity index (χ2v) is 6.14. The summed E-state index contributed by atoms with van der Waals surface area (Å²) in [5.41, 5.74) is 0.0604. The van der Waals surface area contributed by atoms with Crippen LogP contribution in [-0.4, -0.2) is 62.2 Å². The Labute approximate surface area is 117 Å². The molecule has 2 aliphatic heterocycles. The Bertz CT molecular complexity index is 254. The number of likely N-dealkylation sites (tertiary alicyclic amines) is 1. The average molecular weight is 271 g/mol. The standard InChI is InChI=1S/C15H29NO3/c1-2-8-19-14-4-3-7-16(11-14)12-15(13-17)5-9-18-10-6-15/h14,17H,2-13H2,1H3. The average Bonchev–Trinajstić information content (AvgIpc) is 2.46. The normalized spacial score (nSPS) is 28.4. The van der Waals surface area contributed by atoms with E-state index in [0.29, 0.717) is 6.10 Å². The van der Waals surface area contributed by atoms with Gasteiger partial charge in [-0.3, -0.25) is 0 Å². The number of hydrogen-bond donors (Lipinski definition) is 1. The monoisotopic (exact) mass is 271 g/mol. The lowest BCUT2D eigenvalue weighted by Gasteiger charge is -2.42. The molecule has 2 saturated heterocycles. The van der Waals surface area contributed by atoms with Crippen LogP contribution in [0.25, 0.3) is 0 Å². The highest BCUT2D eigenvalue weighted by atomic mass is 16.5. The topological polar surface area (TPSA) is 41.9 Å². The van der Waals surface area contributed by atoms with E-state index in [9.17, 15) is 5.11 Å². The first-order valence-electron chi connectivity index (χ1n) is 7.80. The molecule has 0 bridgehead atoms. The summed E-state index contributed by atoms with van der Waals surface area (Å²) in [6.07, 6.45) is 5.86. The molecule has 0 spiro atoms. The molecule has 0 radical (unpaired) electrons. The van der Waals surface area contributed by atoms with Crippen molar-refractivity contribution in [3.8, 4) is 0 Å². The van der Waals surface area contributed by atoms with E-state index in [1.165, 1.54) is 12.8 Å². The molecule has 0 aromatic heterocycles. The minimum absolute atomic E-state index is 0.0604. The van der Waals surface area contributed by atoms with E-state index in [-0.39, 0.29) is 12.0 Å². The minimum atomic E-state index is 0.0604. The van der Waals surface area contributed by atoms with Gasteiger partial charge in [-0.25, -0.2) is 0 Å². The van der Waals surface area contributed by atoms with E-state index >= 15 is 0 Å². The van der Waals surface area contributed by atoms with Crippen LogP contribution in [0.3, 0.4) is 0 Å². The van der Waals surface area contributed by atoms with Crippen LogP contribution in [0.4, 0.5) is 0 Å². The zero-order valence-electron chi connectivity index (χ0n) is 12.3. The van der Waals surface area contributed by atoms with Crippen molar-refractivity contribution < 1.29 is 14.6 Å². The molecule has 1 N–H and O–H groups in total. The Morgan fingerprint density at radius 3 is 2.84 bits per heavy atom. The molecule has 2 heterocycles. The van der Waals surface area contributed by atoms with Gasteiger partial charge in [0.2, 0.25) is 0 Å². The van der Waals surface area contributed by atoms with Gasteiger partial charge in [-0.05, 0) is 38.6 Å². The summed E-state index contributed by atoms with van der Waals surface area (Å²) < 4.78 is 11.3. The molecule has 0 aromatic rings. The number of nitrogens with zero attached hydrogens (tertiary/aromatic N) is 1. The van der Waals surface area contributed by atoms with Crippen LogP contribution in [0, 0.1) is 5.41 Å². The number of rotatable bonds is 6. The second kappa shape index (κ2) is 7.58. The first-order valence-corrected chi connectivity index (χ1v) is 7.80. The lowest BCUT2D eigenvalue weighted by Crippen LogP contribution is -2.48. The van der Waals surface area contributed by atoms with Crippen molar-refractivity contribution >= 4 is 0 Å². The molecule has 19 heavy (non-hydrogen) atoms. The zero-order chi connectivity index (χ0) is 13.6.